The number of nitrogens with zero attached hydrogens (tertiary/aromatic N) is 3. The number of halogens is 1. The standard InChI is InChI=1S/C25H25FN4O2S/c1-25(2)12-19-21(20(31)13-25)22(16-7-9-18(32-3)10-8-16)30-23(27-19)28-24(29-30)33-14-15-5-4-6-17(26)11-15/h4-11,22H,12-14H2,1-3H3,(H,27,28,29)/t22-/m0/s1. The van der Waals surface area contributed by atoms with Crippen LogP contribution in [0.1, 0.15) is 43.9 Å². The maximum atomic E-state index is 13.5. The van der Waals surface area contributed by atoms with Gasteiger partial charge >= 0.3 is 0 Å². The molecule has 1 aliphatic heterocycles. The summed E-state index contributed by atoms with van der Waals surface area (Å²) in [6.45, 7) is 4.22. The molecule has 1 atom stereocenters. The minimum absolute atomic E-state index is 0.121. The zero-order valence-electron chi connectivity index (χ0n) is 18.8. The highest BCUT2D eigenvalue weighted by Crippen LogP contribution is 2.45. The van der Waals surface area contributed by atoms with Crippen molar-refractivity contribution in [2.24, 2.45) is 5.41 Å². The monoisotopic (exact) mass is 464 g/mol. The molecule has 1 aliphatic carbocycles. The van der Waals surface area contributed by atoms with Gasteiger partial charge < -0.3 is 10.1 Å². The van der Waals surface area contributed by atoms with Gasteiger partial charge in [-0.2, -0.15) is 4.98 Å². The number of hydrogen-bond acceptors (Lipinski definition) is 6. The number of ketones is 1. The molecule has 0 bridgehead atoms. The van der Waals surface area contributed by atoms with Gasteiger partial charge in [-0.05, 0) is 47.2 Å². The van der Waals surface area contributed by atoms with E-state index in [0.29, 0.717) is 23.3 Å². The molecule has 0 radical (unpaired) electrons. The number of hydrogen-bond donors (Lipinski definition) is 1. The first kappa shape index (κ1) is 21.7. The van der Waals surface area contributed by atoms with Crippen LogP contribution in [0.5, 0.6) is 5.75 Å². The van der Waals surface area contributed by atoms with Crippen LogP contribution in [0.2, 0.25) is 0 Å². The first-order valence-electron chi connectivity index (χ1n) is 10.8. The first-order chi connectivity index (χ1) is 15.8. The molecule has 2 heterocycles. The lowest BCUT2D eigenvalue weighted by Crippen LogP contribution is -2.36. The van der Waals surface area contributed by atoms with E-state index in [2.05, 4.69) is 19.2 Å². The fourth-order valence-corrected chi connectivity index (χ4v) is 5.29. The number of nitrogens with one attached hydrogen (secondary N) is 1. The maximum Gasteiger partial charge on any atom is 0.227 e. The van der Waals surface area contributed by atoms with Crippen LogP contribution in [0.25, 0.3) is 0 Å². The molecule has 3 aromatic rings. The van der Waals surface area contributed by atoms with Crippen molar-refractivity contribution in [1.29, 1.82) is 0 Å². The summed E-state index contributed by atoms with van der Waals surface area (Å²) in [6.07, 6.45) is 1.25. The summed E-state index contributed by atoms with van der Waals surface area (Å²) < 4.78 is 20.6. The normalized spacial score (nSPS) is 19.0. The number of thioether (sulfide) groups is 1. The van der Waals surface area contributed by atoms with E-state index in [0.717, 1.165) is 34.6 Å². The largest absolute Gasteiger partial charge is 0.497 e. The Morgan fingerprint density at radius 3 is 2.73 bits per heavy atom. The van der Waals surface area contributed by atoms with E-state index in [9.17, 15) is 9.18 Å². The second-order valence-electron chi connectivity index (χ2n) is 9.22. The number of rotatable bonds is 5. The van der Waals surface area contributed by atoms with Gasteiger partial charge in [0.15, 0.2) is 5.78 Å². The third kappa shape index (κ3) is 4.27. The van der Waals surface area contributed by atoms with Crippen LogP contribution < -0.4 is 10.1 Å². The molecular formula is C25H25FN4O2S. The Hall–Kier alpha value is -3.13. The van der Waals surface area contributed by atoms with Gasteiger partial charge in [0.1, 0.15) is 17.6 Å². The molecule has 0 saturated carbocycles. The molecule has 33 heavy (non-hydrogen) atoms. The highest BCUT2D eigenvalue weighted by Gasteiger charge is 2.41. The van der Waals surface area contributed by atoms with Gasteiger partial charge in [-0.15, -0.1) is 5.10 Å². The lowest BCUT2D eigenvalue weighted by Gasteiger charge is -2.38. The van der Waals surface area contributed by atoms with E-state index in [4.69, 9.17) is 14.8 Å². The molecular weight excluding hydrogens is 439 g/mol. The van der Waals surface area contributed by atoms with Crippen molar-refractivity contribution in [1.82, 2.24) is 14.8 Å². The van der Waals surface area contributed by atoms with E-state index in [1.165, 1.54) is 23.9 Å². The second-order valence-corrected chi connectivity index (χ2v) is 10.2. The van der Waals surface area contributed by atoms with E-state index in [1.54, 1.807) is 17.9 Å². The summed E-state index contributed by atoms with van der Waals surface area (Å²) in [7, 11) is 1.63. The highest BCUT2D eigenvalue weighted by atomic mass is 32.2. The van der Waals surface area contributed by atoms with Crippen molar-refractivity contribution in [3.05, 3.63) is 76.7 Å². The molecule has 1 aromatic heterocycles. The minimum Gasteiger partial charge on any atom is -0.497 e. The summed E-state index contributed by atoms with van der Waals surface area (Å²) >= 11 is 1.44. The summed E-state index contributed by atoms with van der Waals surface area (Å²) in [5.41, 5.74) is 3.36. The zero-order chi connectivity index (χ0) is 23.2. The van der Waals surface area contributed by atoms with Crippen LogP contribution in [-0.4, -0.2) is 27.7 Å². The van der Waals surface area contributed by atoms with Gasteiger partial charge in [0.2, 0.25) is 11.1 Å². The average Bonchev–Trinajstić information content (AvgIpc) is 3.18. The summed E-state index contributed by atoms with van der Waals surface area (Å²) in [6, 6.07) is 13.9. The number of carbonyl (C=O) groups is 1. The Morgan fingerprint density at radius 2 is 2.00 bits per heavy atom. The molecule has 0 amide bonds. The van der Waals surface area contributed by atoms with Gasteiger partial charge in [0.05, 0.1) is 7.11 Å². The molecule has 0 spiro atoms. The number of anilines is 1. The Balaban J connectivity index is 1.52. The number of benzene rings is 2. The van der Waals surface area contributed by atoms with Crippen molar-refractivity contribution in [2.75, 3.05) is 12.4 Å². The topological polar surface area (TPSA) is 69.0 Å². The number of carbonyl (C=O) groups excluding carboxylic acids is 1. The lowest BCUT2D eigenvalue weighted by atomic mass is 9.73. The fraction of sp³-hybridized carbons (Fsp3) is 0.320. The second kappa shape index (κ2) is 8.33. The van der Waals surface area contributed by atoms with Gasteiger partial charge in [-0.1, -0.05) is 49.9 Å². The van der Waals surface area contributed by atoms with Crippen molar-refractivity contribution in [3.8, 4) is 5.75 Å². The molecule has 6 nitrogen and oxygen atoms in total. The summed E-state index contributed by atoms with van der Waals surface area (Å²) in [5.74, 6) is 1.78. The Morgan fingerprint density at radius 1 is 1.21 bits per heavy atom. The number of methoxy groups -OCH3 is 1. The summed E-state index contributed by atoms with van der Waals surface area (Å²) in [5, 5.41) is 8.71. The number of Topliss-reactive ketones (excluding diaryl/α,β-unsaturated/α-hetero) is 1. The third-order valence-corrected chi connectivity index (χ3v) is 6.91. The van der Waals surface area contributed by atoms with Crippen LogP contribution in [0.4, 0.5) is 10.3 Å². The van der Waals surface area contributed by atoms with E-state index < -0.39 is 0 Å². The summed E-state index contributed by atoms with van der Waals surface area (Å²) in [4.78, 5) is 18.0. The Bertz CT molecular complexity index is 1250. The van der Waals surface area contributed by atoms with Crippen LogP contribution in [-0.2, 0) is 10.5 Å². The van der Waals surface area contributed by atoms with E-state index in [1.807, 2.05) is 30.3 Å². The van der Waals surface area contributed by atoms with Crippen molar-refractivity contribution < 1.29 is 13.9 Å². The highest BCUT2D eigenvalue weighted by molar-refractivity contribution is 7.98. The molecule has 2 aromatic carbocycles. The third-order valence-electron chi connectivity index (χ3n) is 6.00. The molecule has 0 saturated heterocycles. The number of ether oxygens (including phenoxy) is 1. The van der Waals surface area contributed by atoms with Crippen LogP contribution in [0, 0.1) is 11.2 Å². The van der Waals surface area contributed by atoms with Gasteiger partial charge in [-0.3, -0.25) is 4.79 Å². The Labute approximate surface area is 196 Å². The zero-order valence-corrected chi connectivity index (χ0v) is 19.6. The molecule has 5 rings (SSSR count). The van der Waals surface area contributed by atoms with Crippen molar-refractivity contribution in [3.63, 3.8) is 0 Å². The first-order valence-corrected chi connectivity index (χ1v) is 11.8. The minimum atomic E-state index is -0.359. The predicted molar refractivity (Wildman–Crippen MR) is 126 cm³/mol. The fourth-order valence-electron chi connectivity index (χ4n) is 4.52. The van der Waals surface area contributed by atoms with Crippen molar-refractivity contribution in [2.45, 2.75) is 43.6 Å². The van der Waals surface area contributed by atoms with Crippen LogP contribution >= 0.6 is 11.8 Å². The van der Waals surface area contributed by atoms with E-state index >= 15 is 0 Å². The molecule has 0 unspecified atom stereocenters. The number of allylic oxidation sites excluding steroid dienone is 2. The molecule has 8 heteroatoms. The molecule has 170 valence electrons. The smallest absolute Gasteiger partial charge is 0.227 e. The molecule has 2 aliphatic rings. The van der Waals surface area contributed by atoms with Gasteiger partial charge in [-0.25, -0.2) is 9.07 Å². The molecule has 1 N–H and O–H groups in total. The van der Waals surface area contributed by atoms with E-state index in [-0.39, 0.29) is 23.1 Å². The van der Waals surface area contributed by atoms with Crippen LogP contribution in [0.3, 0.4) is 0 Å². The van der Waals surface area contributed by atoms with Gasteiger partial charge in [0.25, 0.3) is 0 Å². The maximum absolute atomic E-state index is 13.5. The Kier molecular flexibility index (Phi) is 5.48. The quantitative estimate of drug-likeness (QED) is 0.512. The average molecular weight is 465 g/mol. The lowest BCUT2D eigenvalue weighted by molar-refractivity contribution is -0.118. The predicted octanol–water partition coefficient (Wildman–Crippen LogP) is 5.38. The van der Waals surface area contributed by atoms with Crippen molar-refractivity contribution >= 4 is 23.5 Å². The SMILES string of the molecule is COc1ccc([C@H]2C3=C(CC(C)(C)CC3=O)Nc3nc(SCc4cccc(F)c4)nn32)cc1. The van der Waals surface area contributed by atoms with Crippen LogP contribution in [0.15, 0.2) is 65.0 Å². The number of aromatic nitrogens is 3. The molecule has 0 fully saturated rings. The number of fused-ring (bicyclic) bond motifs is 1. The van der Waals surface area contributed by atoms with Gasteiger partial charge in [0, 0.05) is 23.4 Å².